The number of halogens is 2. The topological polar surface area (TPSA) is 49.4 Å². The largest absolute Gasteiger partial charge is 0.316 e. The fourth-order valence-electron chi connectivity index (χ4n) is 1.93. The van der Waals surface area contributed by atoms with Crippen LogP contribution in [0.5, 0.6) is 0 Å². The molecule has 0 aliphatic heterocycles. The molecule has 0 radical (unpaired) electrons. The maximum absolute atomic E-state index is 12.7. The fourth-order valence-corrected chi connectivity index (χ4v) is 4.05. The van der Waals surface area contributed by atoms with Gasteiger partial charge >= 0.3 is 0 Å². The second-order valence-electron chi connectivity index (χ2n) is 5.20. The summed E-state index contributed by atoms with van der Waals surface area (Å²) in [7, 11) is -0.272. The Morgan fingerprint density at radius 1 is 1.29 bits per heavy atom. The smallest absolute Gasteiger partial charge is 0.244 e. The van der Waals surface area contributed by atoms with Crippen molar-refractivity contribution < 1.29 is 8.42 Å². The number of hydrogen-bond acceptors (Lipinski definition) is 3. The Hall–Kier alpha value is -0.330. The molecule has 0 aromatic heterocycles. The molecule has 1 atom stereocenters. The number of sulfonamides is 1. The van der Waals surface area contributed by atoms with Crippen molar-refractivity contribution in [3.05, 3.63) is 27.7 Å². The van der Waals surface area contributed by atoms with E-state index in [-0.39, 0.29) is 15.8 Å². The molecule has 1 aromatic carbocycles. The Balaban J connectivity index is 3.21. The highest BCUT2D eigenvalue weighted by atomic mass is 35.5. The zero-order valence-corrected chi connectivity index (χ0v) is 15.1. The Morgan fingerprint density at radius 3 is 2.43 bits per heavy atom. The standard InChI is InChI=1S/C14H22Cl2N2O2S/c1-5-10(2)9-18(4)21(19,20)14-6-11(8-17-3)12(15)7-13(14)16/h6-7,10,17H,5,8-9H2,1-4H3. The van der Waals surface area contributed by atoms with Gasteiger partial charge in [-0.05, 0) is 30.7 Å². The first-order valence-corrected chi connectivity index (χ1v) is 9.02. The fraction of sp³-hybridized carbons (Fsp3) is 0.571. The zero-order valence-electron chi connectivity index (χ0n) is 12.8. The molecule has 120 valence electrons. The Bertz CT molecular complexity index is 591. The number of rotatable bonds is 7. The third-order valence-corrected chi connectivity index (χ3v) is 6.06. The van der Waals surface area contributed by atoms with Gasteiger partial charge in [-0.3, -0.25) is 0 Å². The lowest BCUT2D eigenvalue weighted by Gasteiger charge is -2.21. The molecular formula is C14H22Cl2N2O2S. The third-order valence-electron chi connectivity index (χ3n) is 3.42. The van der Waals surface area contributed by atoms with E-state index in [1.54, 1.807) is 20.2 Å². The summed E-state index contributed by atoms with van der Waals surface area (Å²) in [5.74, 6) is 0.285. The van der Waals surface area contributed by atoms with E-state index in [0.29, 0.717) is 23.7 Å². The molecule has 0 spiro atoms. The normalized spacial score (nSPS) is 13.7. The molecular weight excluding hydrogens is 331 g/mol. The van der Waals surface area contributed by atoms with Crippen LogP contribution in [0.4, 0.5) is 0 Å². The molecule has 1 rings (SSSR count). The number of benzene rings is 1. The van der Waals surface area contributed by atoms with Gasteiger partial charge in [-0.1, -0.05) is 43.5 Å². The van der Waals surface area contributed by atoms with Gasteiger partial charge in [-0.15, -0.1) is 0 Å². The van der Waals surface area contributed by atoms with E-state index >= 15 is 0 Å². The molecule has 0 amide bonds. The van der Waals surface area contributed by atoms with Gasteiger partial charge in [0.2, 0.25) is 10.0 Å². The molecule has 0 aliphatic carbocycles. The van der Waals surface area contributed by atoms with E-state index in [2.05, 4.69) is 5.32 Å². The van der Waals surface area contributed by atoms with Gasteiger partial charge in [-0.2, -0.15) is 0 Å². The molecule has 0 heterocycles. The van der Waals surface area contributed by atoms with Crippen molar-refractivity contribution in [1.82, 2.24) is 9.62 Å². The van der Waals surface area contributed by atoms with Crippen LogP contribution >= 0.6 is 23.2 Å². The van der Waals surface area contributed by atoms with Crippen LogP contribution in [0, 0.1) is 5.92 Å². The van der Waals surface area contributed by atoms with E-state index in [1.165, 1.54) is 10.4 Å². The Labute approximate surface area is 137 Å². The molecule has 0 bridgehead atoms. The van der Waals surface area contributed by atoms with Crippen LogP contribution in [-0.2, 0) is 16.6 Å². The molecule has 1 N–H and O–H groups in total. The van der Waals surface area contributed by atoms with Crippen molar-refractivity contribution in [2.24, 2.45) is 5.92 Å². The molecule has 0 saturated carbocycles. The third kappa shape index (κ3) is 4.57. The SMILES string of the molecule is CCC(C)CN(C)S(=O)(=O)c1cc(CNC)c(Cl)cc1Cl. The summed E-state index contributed by atoms with van der Waals surface area (Å²) >= 11 is 12.2. The first kappa shape index (κ1) is 18.7. The van der Waals surface area contributed by atoms with Crippen LogP contribution < -0.4 is 5.32 Å². The summed E-state index contributed by atoms with van der Waals surface area (Å²) < 4.78 is 26.6. The van der Waals surface area contributed by atoms with Crippen molar-refractivity contribution in [2.75, 3.05) is 20.6 Å². The van der Waals surface area contributed by atoms with Gasteiger partial charge in [-0.25, -0.2) is 12.7 Å². The van der Waals surface area contributed by atoms with Crippen LogP contribution in [0.15, 0.2) is 17.0 Å². The van der Waals surface area contributed by atoms with Gasteiger partial charge in [0.1, 0.15) is 4.90 Å². The van der Waals surface area contributed by atoms with Gasteiger partial charge in [0.15, 0.2) is 0 Å². The van der Waals surface area contributed by atoms with Crippen LogP contribution in [0.2, 0.25) is 10.0 Å². The molecule has 21 heavy (non-hydrogen) atoms. The lowest BCUT2D eigenvalue weighted by atomic mass is 10.1. The highest BCUT2D eigenvalue weighted by molar-refractivity contribution is 7.89. The minimum atomic E-state index is -3.62. The molecule has 0 fully saturated rings. The molecule has 1 aromatic rings. The highest BCUT2D eigenvalue weighted by Crippen LogP contribution is 2.30. The summed E-state index contributed by atoms with van der Waals surface area (Å²) in [5.41, 5.74) is 0.707. The van der Waals surface area contributed by atoms with Crippen molar-refractivity contribution in [1.29, 1.82) is 0 Å². The quantitative estimate of drug-likeness (QED) is 0.818. The monoisotopic (exact) mass is 352 g/mol. The number of nitrogens with one attached hydrogen (secondary N) is 1. The van der Waals surface area contributed by atoms with Crippen LogP contribution in [0.1, 0.15) is 25.8 Å². The summed E-state index contributed by atoms with van der Waals surface area (Å²) in [6, 6.07) is 3.03. The van der Waals surface area contributed by atoms with Crippen molar-refractivity contribution in [2.45, 2.75) is 31.7 Å². The first-order valence-electron chi connectivity index (χ1n) is 6.82. The molecule has 4 nitrogen and oxygen atoms in total. The minimum Gasteiger partial charge on any atom is -0.316 e. The predicted molar refractivity (Wildman–Crippen MR) is 88.5 cm³/mol. The van der Waals surface area contributed by atoms with Crippen LogP contribution in [0.3, 0.4) is 0 Å². The van der Waals surface area contributed by atoms with E-state index in [0.717, 1.165) is 6.42 Å². The average molecular weight is 353 g/mol. The van der Waals surface area contributed by atoms with Crippen LogP contribution in [0.25, 0.3) is 0 Å². The maximum atomic E-state index is 12.7. The predicted octanol–water partition coefficient (Wildman–Crippen LogP) is 3.38. The Morgan fingerprint density at radius 2 is 1.90 bits per heavy atom. The maximum Gasteiger partial charge on any atom is 0.244 e. The lowest BCUT2D eigenvalue weighted by molar-refractivity contribution is 0.393. The lowest BCUT2D eigenvalue weighted by Crippen LogP contribution is -2.31. The second-order valence-corrected chi connectivity index (χ2v) is 8.03. The Kier molecular flexibility index (Phi) is 6.94. The summed E-state index contributed by atoms with van der Waals surface area (Å²) in [6.45, 7) is 4.99. The molecule has 0 saturated heterocycles. The van der Waals surface area contributed by atoms with Gasteiger partial charge in [0.25, 0.3) is 0 Å². The summed E-state index contributed by atoms with van der Waals surface area (Å²) in [6.07, 6.45) is 0.916. The summed E-state index contributed by atoms with van der Waals surface area (Å²) in [5, 5.41) is 3.56. The van der Waals surface area contributed by atoms with E-state index in [4.69, 9.17) is 23.2 Å². The van der Waals surface area contributed by atoms with Gasteiger partial charge < -0.3 is 5.32 Å². The van der Waals surface area contributed by atoms with E-state index in [9.17, 15) is 8.42 Å². The minimum absolute atomic E-state index is 0.101. The molecule has 7 heteroatoms. The first-order chi connectivity index (χ1) is 9.73. The van der Waals surface area contributed by atoms with Gasteiger partial charge in [0, 0.05) is 25.2 Å². The van der Waals surface area contributed by atoms with Crippen molar-refractivity contribution >= 4 is 33.2 Å². The highest BCUT2D eigenvalue weighted by Gasteiger charge is 2.25. The second kappa shape index (κ2) is 7.79. The van der Waals surface area contributed by atoms with E-state index < -0.39 is 10.0 Å². The average Bonchev–Trinajstić information content (AvgIpc) is 2.41. The number of hydrogen-bond donors (Lipinski definition) is 1. The molecule has 1 unspecified atom stereocenters. The molecule has 0 aliphatic rings. The number of nitrogens with zero attached hydrogens (tertiary/aromatic N) is 1. The zero-order chi connectivity index (χ0) is 16.2. The van der Waals surface area contributed by atoms with Crippen molar-refractivity contribution in [3.8, 4) is 0 Å². The summed E-state index contributed by atoms with van der Waals surface area (Å²) in [4.78, 5) is 0.101. The van der Waals surface area contributed by atoms with Crippen molar-refractivity contribution in [3.63, 3.8) is 0 Å². The van der Waals surface area contributed by atoms with Crippen LogP contribution in [-0.4, -0.2) is 33.4 Å². The van der Waals surface area contributed by atoms with Gasteiger partial charge in [0.05, 0.1) is 5.02 Å². The van der Waals surface area contributed by atoms with E-state index in [1.807, 2.05) is 13.8 Å².